The van der Waals surface area contributed by atoms with Crippen molar-refractivity contribution in [2.45, 2.75) is 19.5 Å². The van der Waals surface area contributed by atoms with Gasteiger partial charge in [-0.25, -0.2) is 0 Å². The van der Waals surface area contributed by atoms with Crippen molar-refractivity contribution in [2.24, 2.45) is 0 Å². The summed E-state index contributed by atoms with van der Waals surface area (Å²) in [4.78, 5) is 11.1. The van der Waals surface area contributed by atoms with E-state index in [4.69, 9.17) is 4.74 Å². The molecule has 0 radical (unpaired) electrons. The monoisotopic (exact) mass is 261 g/mol. The van der Waals surface area contributed by atoms with Gasteiger partial charge in [-0.05, 0) is 18.1 Å². The van der Waals surface area contributed by atoms with Gasteiger partial charge in [0.05, 0.1) is 0 Å². The Morgan fingerprint density at radius 3 is 2.61 bits per heavy atom. The fraction of sp³-hybridized carbons (Fsp3) is 0.417. The molecule has 0 aromatic heterocycles. The molecule has 0 heterocycles. The van der Waals surface area contributed by atoms with Crippen LogP contribution in [0.25, 0.3) is 0 Å². The van der Waals surface area contributed by atoms with Gasteiger partial charge in [0.1, 0.15) is 12.3 Å². The fourth-order valence-electron chi connectivity index (χ4n) is 1.33. The van der Waals surface area contributed by atoms with Gasteiger partial charge < -0.3 is 10.1 Å². The first-order valence-electron chi connectivity index (χ1n) is 5.46. The summed E-state index contributed by atoms with van der Waals surface area (Å²) in [5.41, 5.74) is 0.904. The number of aryl methyl sites for hydroxylation is 1. The molecule has 1 aromatic carbocycles. The van der Waals surface area contributed by atoms with Crippen molar-refractivity contribution < 1.29 is 22.7 Å². The molecule has 0 aliphatic rings. The second-order valence-corrected chi connectivity index (χ2v) is 3.64. The maximum absolute atomic E-state index is 11.8. The number of para-hydroxylation sites is 1. The summed E-state index contributed by atoms with van der Waals surface area (Å²) in [6.07, 6.45) is -3.68. The van der Waals surface area contributed by atoms with Crippen LogP contribution in [0.5, 0.6) is 5.75 Å². The third-order valence-electron chi connectivity index (χ3n) is 2.20. The average Bonchev–Trinajstić information content (AvgIpc) is 2.33. The Balaban J connectivity index is 2.43. The van der Waals surface area contributed by atoms with E-state index in [0.717, 1.165) is 12.0 Å². The Hall–Kier alpha value is -1.72. The Morgan fingerprint density at radius 2 is 2.00 bits per heavy atom. The van der Waals surface area contributed by atoms with E-state index in [2.05, 4.69) is 0 Å². The Morgan fingerprint density at radius 1 is 1.33 bits per heavy atom. The molecule has 0 aliphatic heterocycles. The second kappa shape index (κ2) is 6.28. The highest BCUT2D eigenvalue weighted by atomic mass is 19.4. The maximum Gasteiger partial charge on any atom is 0.405 e. The minimum atomic E-state index is -4.41. The quantitative estimate of drug-likeness (QED) is 0.883. The van der Waals surface area contributed by atoms with E-state index in [9.17, 15) is 18.0 Å². The second-order valence-electron chi connectivity index (χ2n) is 3.64. The van der Waals surface area contributed by atoms with Crippen LogP contribution in [0.15, 0.2) is 24.3 Å². The SMILES string of the molecule is CCc1ccccc1OCC(=O)NCC(F)(F)F. The number of nitrogens with one attached hydrogen (secondary N) is 1. The number of alkyl halides is 3. The van der Waals surface area contributed by atoms with Crippen molar-refractivity contribution in [1.29, 1.82) is 0 Å². The van der Waals surface area contributed by atoms with Crippen LogP contribution in [-0.4, -0.2) is 25.2 Å². The third-order valence-corrected chi connectivity index (χ3v) is 2.20. The molecule has 0 bridgehead atoms. The zero-order valence-corrected chi connectivity index (χ0v) is 9.88. The highest BCUT2D eigenvalue weighted by Gasteiger charge is 2.27. The molecule has 0 spiro atoms. The molecule has 1 N–H and O–H groups in total. The van der Waals surface area contributed by atoms with Gasteiger partial charge >= 0.3 is 6.18 Å². The Bertz CT molecular complexity index is 405. The van der Waals surface area contributed by atoms with E-state index in [1.165, 1.54) is 0 Å². The maximum atomic E-state index is 11.8. The number of amides is 1. The normalized spacial score (nSPS) is 11.1. The van der Waals surface area contributed by atoms with Crippen LogP contribution >= 0.6 is 0 Å². The molecule has 0 saturated carbocycles. The molecule has 0 aliphatic carbocycles. The fourth-order valence-corrected chi connectivity index (χ4v) is 1.33. The lowest BCUT2D eigenvalue weighted by Gasteiger charge is -2.11. The van der Waals surface area contributed by atoms with Crippen LogP contribution in [-0.2, 0) is 11.2 Å². The molecular weight excluding hydrogens is 247 g/mol. The number of ether oxygens (including phenoxy) is 1. The molecule has 3 nitrogen and oxygen atoms in total. The van der Waals surface area contributed by atoms with Crippen LogP contribution in [0.2, 0.25) is 0 Å². The lowest BCUT2D eigenvalue weighted by atomic mass is 10.1. The lowest BCUT2D eigenvalue weighted by molar-refractivity contribution is -0.139. The van der Waals surface area contributed by atoms with Crippen molar-refractivity contribution in [3.05, 3.63) is 29.8 Å². The van der Waals surface area contributed by atoms with E-state index in [1.54, 1.807) is 17.4 Å². The summed E-state index contributed by atoms with van der Waals surface area (Å²) in [7, 11) is 0. The summed E-state index contributed by atoms with van der Waals surface area (Å²) in [6.45, 7) is 0.156. The van der Waals surface area contributed by atoms with Crippen LogP contribution in [0, 0.1) is 0 Å². The van der Waals surface area contributed by atoms with Crippen molar-refractivity contribution >= 4 is 5.91 Å². The van der Waals surface area contributed by atoms with Gasteiger partial charge in [-0.2, -0.15) is 13.2 Å². The molecule has 1 rings (SSSR count). The van der Waals surface area contributed by atoms with Crippen molar-refractivity contribution in [3.63, 3.8) is 0 Å². The smallest absolute Gasteiger partial charge is 0.405 e. The van der Waals surface area contributed by atoms with E-state index in [1.807, 2.05) is 19.1 Å². The molecule has 0 unspecified atom stereocenters. The first kappa shape index (κ1) is 14.3. The van der Waals surface area contributed by atoms with Crippen molar-refractivity contribution in [3.8, 4) is 5.75 Å². The van der Waals surface area contributed by atoms with Gasteiger partial charge in [0, 0.05) is 0 Å². The highest BCUT2D eigenvalue weighted by Crippen LogP contribution is 2.18. The van der Waals surface area contributed by atoms with Gasteiger partial charge in [-0.1, -0.05) is 25.1 Å². The molecular formula is C12H14F3NO2. The number of hydrogen-bond acceptors (Lipinski definition) is 2. The number of hydrogen-bond donors (Lipinski definition) is 1. The average molecular weight is 261 g/mol. The summed E-state index contributed by atoms with van der Waals surface area (Å²) in [5.74, 6) is -0.277. The number of carbonyl (C=O) groups excluding carboxylic acids is 1. The predicted octanol–water partition coefficient (Wildman–Crippen LogP) is 2.31. The van der Waals surface area contributed by atoms with Crippen LogP contribution in [0.4, 0.5) is 13.2 Å². The number of halogens is 3. The highest BCUT2D eigenvalue weighted by molar-refractivity contribution is 5.77. The number of carbonyl (C=O) groups is 1. The summed E-state index contributed by atoms with van der Waals surface area (Å²) in [6, 6.07) is 7.08. The molecule has 18 heavy (non-hydrogen) atoms. The zero-order chi connectivity index (χ0) is 13.6. The first-order valence-corrected chi connectivity index (χ1v) is 5.46. The summed E-state index contributed by atoms with van der Waals surface area (Å²) < 4.78 is 40.7. The van der Waals surface area contributed by atoms with Crippen LogP contribution in [0.3, 0.4) is 0 Å². The van der Waals surface area contributed by atoms with Crippen molar-refractivity contribution in [2.75, 3.05) is 13.2 Å². The topological polar surface area (TPSA) is 38.3 Å². The van der Waals surface area contributed by atoms with E-state index in [0.29, 0.717) is 5.75 Å². The van der Waals surface area contributed by atoms with Gasteiger partial charge in [-0.15, -0.1) is 0 Å². The Labute approximate surface area is 103 Å². The van der Waals surface area contributed by atoms with Crippen molar-refractivity contribution in [1.82, 2.24) is 5.32 Å². The molecule has 1 aromatic rings. The minimum Gasteiger partial charge on any atom is -0.483 e. The molecule has 1 amide bonds. The van der Waals surface area contributed by atoms with Gasteiger partial charge in [0.15, 0.2) is 6.61 Å². The third kappa shape index (κ3) is 5.07. The van der Waals surface area contributed by atoms with Gasteiger partial charge in [-0.3, -0.25) is 4.79 Å². The zero-order valence-electron chi connectivity index (χ0n) is 9.88. The molecule has 0 saturated heterocycles. The van der Waals surface area contributed by atoms with Gasteiger partial charge in [0.2, 0.25) is 0 Å². The summed E-state index contributed by atoms with van der Waals surface area (Å²) in [5, 5.41) is 1.74. The largest absolute Gasteiger partial charge is 0.483 e. The molecule has 0 atom stereocenters. The van der Waals surface area contributed by atoms with E-state index in [-0.39, 0.29) is 0 Å². The van der Waals surface area contributed by atoms with Crippen LogP contribution < -0.4 is 10.1 Å². The molecule has 6 heteroatoms. The number of benzene rings is 1. The predicted molar refractivity (Wildman–Crippen MR) is 60.4 cm³/mol. The first-order chi connectivity index (χ1) is 8.42. The van der Waals surface area contributed by atoms with Crippen LogP contribution in [0.1, 0.15) is 12.5 Å². The molecule has 100 valence electrons. The van der Waals surface area contributed by atoms with E-state index < -0.39 is 25.2 Å². The van der Waals surface area contributed by atoms with E-state index >= 15 is 0 Å². The Kier molecular flexibility index (Phi) is 5.00. The summed E-state index contributed by atoms with van der Waals surface area (Å²) >= 11 is 0. The molecule has 0 fully saturated rings. The minimum absolute atomic E-state index is 0.424. The standard InChI is InChI=1S/C12H14F3NO2/c1-2-9-5-3-4-6-10(9)18-7-11(17)16-8-12(13,14)15/h3-6H,2,7-8H2,1H3,(H,16,17). The number of rotatable bonds is 5. The van der Waals surface area contributed by atoms with Gasteiger partial charge in [0.25, 0.3) is 5.91 Å². The lowest BCUT2D eigenvalue weighted by Crippen LogP contribution is -2.36.